The SMILES string of the molecule is C=Cc1ccc2cccc(C(=O)OCCC)c2c1. The molecular weight excluding hydrogens is 224 g/mol. The van der Waals surface area contributed by atoms with Crippen LogP contribution in [0.15, 0.2) is 43.0 Å². The third-order valence-corrected chi connectivity index (χ3v) is 2.80. The summed E-state index contributed by atoms with van der Waals surface area (Å²) in [7, 11) is 0. The number of hydrogen-bond donors (Lipinski definition) is 0. The van der Waals surface area contributed by atoms with E-state index in [9.17, 15) is 4.79 Å². The van der Waals surface area contributed by atoms with Crippen LogP contribution in [-0.4, -0.2) is 12.6 Å². The molecule has 0 fully saturated rings. The summed E-state index contributed by atoms with van der Waals surface area (Å²) in [5.41, 5.74) is 1.61. The first-order chi connectivity index (χ1) is 8.76. The highest BCUT2D eigenvalue weighted by Crippen LogP contribution is 2.21. The molecule has 0 saturated heterocycles. The summed E-state index contributed by atoms with van der Waals surface area (Å²) in [5, 5.41) is 1.95. The zero-order chi connectivity index (χ0) is 13.0. The minimum atomic E-state index is -0.260. The Kier molecular flexibility index (Phi) is 3.78. The van der Waals surface area contributed by atoms with E-state index >= 15 is 0 Å². The first kappa shape index (κ1) is 12.4. The molecule has 0 aliphatic rings. The molecule has 0 bridgehead atoms. The number of carbonyl (C=O) groups is 1. The lowest BCUT2D eigenvalue weighted by Crippen LogP contribution is -2.06. The Morgan fingerprint density at radius 1 is 1.33 bits per heavy atom. The smallest absolute Gasteiger partial charge is 0.338 e. The van der Waals surface area contributed by atoms with Gasteiger partial charge in [-0.3, -0.25) is 0 Å². The standard InChI is InChI=1S/C16H16O2/c1-3-10-18-16(17)14-7-5-6-13-9-8-12(4-2)11-15(13)14/h4-9,11H,2-3,10H2,1H3. The quantitative estimate of drug-likeness (QED) is 0.753. The molecule has 0 saturated carbocycles. The third kappa shape index (κ3) is 2.43. The van der Waals surface area contributed by atoms with Crippen LogP contribution in [0.1, 0.15) is 29.3 Å². The van der Waals surface area contributed by atoms with Crippen LogP contribution in [0.25, 0.3) is 16.8 Å². The normalized spacial score (nSPS) is 10.3. The van der Waals surface area contributed by atoms with E-state index in [0.717, 1.165) is 22.8 Å². The summed E-state index contributed by atoms with van der Waals surface area (Å²) >= 11 is 0. The summed E-state index contributed by atoms with van der Waals surface area (Å²) < 4.78 is 5.19. The largest absolute Gasteiger partial charge is 0.462 e. The zero-order valence-electron chi connectivity index (χ0n) is 10.5. The molecule has 2 nitrogen and oxygen atoms in total. The van der Waals surface area contributed by atoms with Gasteiger partial charge in [0.15, 0.2) is 0 Å². The Hall–Kier alpha value is -2.09. The third-order valence-electron chi connectivity index (χ3n) is 2.80. The fourth-order valence-corrected chi connectivity index (χ4v) is 1.87. The highest BCUT2D eigenvalue weighted by molar-refractivity contribution is 6.05. The Balaban J connectivity index is 2.49. The predicted octanol–water partition coefficient (Wildman–Crippen LogP) is 4.05. The van der Waals surface area contributed by atoms with Crippen LogP contribution in [-0.2, 0) is 4.74 Å². The van der Waals surface area contributed by atoms with Crippen molar-refractivity contribution < 1.29 is 9.53 Å². The number of fused-ring (bicyclic) bond motifs is 1. The van der Waals surface area contributed by atoms with Crippen molar-refractivity contribution in [2.24, 2.45) is 0 Å². The predicted molar refractivity (Wildman–Crippen MR) is 74.6 cm³/mol. The van der Waals surface area contributed by atoms with Crippen LogP contribution in [0, 0.1) is 0 Å². The number of ether oxygens (including phenoxy) is 1. The van der Waals surface area contributed by atoms with Gasteiger partial charge in [0, 0.05) is 0 Å². The molecule has 2 aromatic rings. The summed E-state index contributed by atoms with van der Waals surface area (Å²) in [6.45, 7) is 6.18. The molecule has 0 aliphatic carbocycles. The van der Waals surface area contributed by atoms with E-state index in [-0.39, 0.29) is 5.97 Å². The molecule has 2 heteroatoms. The Morgan fingerprint density at radius 2 is 2.17 bits per heavy atom. The molecule has 0 aliphatic heterocycles. The number of hydrogen-bond acceptors (Lipinski definition) is 2. The van der Waals surface area contributed by atoms with Crippen molar-refractivity contribution >= 4 is 22.8 Å². The van der Waals surface area contributed by atoms with Gasteiger partial charge in [-0.15, -0.1) is 0 Å². The molecule has 92 valence electrons. The highest BCUT2D eigenvalue weighted by atomic mass is 16.5. The van der Waals surface area contributed by atoms with Gasteiger partial charge in [0.2, 0.25) is 0 Å². The average Bonchev–Trinajstić information content (AvgIpc) is 2.43. The second-order valence-electron chi connectivity index (χ2n) is 4.13. The Labute approximate surface area is 107 Å². The van der Waals surface area contributed by atoms with Gasteiger partial charge in [0.25, 0.3) is 0 Å². The van der Waals surface area contributed by atoms with Crippen molar-refractivity contribution in [3.8, 4) is 0 Å². The molecule has 0 heterocycles. The van der Waals surface area contributed by atoms with Crippen molar-refractivity contribution in [1.29, 1.82) is 0 Å². The lowest BCUT2D eigenvalue weighted by atomic mass is 10.0. The molecule has 0 aromatic heterocycles. The van der Waals surface area contributed by atoms with Gasteiger partial charge in [-0.05, 0) is 34.9 Å². The van der Waals surface area contributed by atoms with E-state index in [1.807, 2.05) is 37.3 Å². The number of rotatable bonds is 4. The molecule has 18 heavy (non-hydrogen) atoms. The molecule has 0 atom stereocenters. The molecule has 0 amide bonds. The van der Waals surface area contributed by atoms with Crippen LogP contribution >= 0.6 is 0 Å². The van der Waals surface area contributed by atoms with Gasteiger partial charge in [-0.2, -0.15) is 0 Å². The second kappa shape index (κ2) is 5.50. The maximum Gasteiger partial charge on any atom is 0.338 e. The van der Waals surface area contributed by atoms with E-state index in [1.165, 1.54) is 0 Å². The summed E-state index contributed by atoms with van der Waals surface area (Å²) in [6, 6.07) is 11.6. The molecular formula is C16H16O2. The topological polar surface area (TPSA) is 26.3 Å². The van der Waals surface area contributed by atoms with Crippen molar-refractivity contribution in [2.75, 3.05) is 6.61 Å². The maximum atomic E-state index is 12.0. The van der Waals surface area contributed by atoms with E-state index < -0.39 is 0 Å². The fourth-order valence-electron chi connectivity index (χ4n) is 1.87. The molecule has 2 aromatic carbocycles. The van der Waals surface area contributed by atoms with Gasteiger partial charge in [0.1, 0.15) is 0 Å². The number of benzene rings is 2. The summed E-state index contributed by atoms with van der Waals surface area (Å²) in [4.78, 5) is 12.0. The summed E-state index contributed by atoms with van der Waals surface area (Å²) in [5.74, 6) is -0.260. The molecule has 0 unspecified atom stereocenters. The van der Waals surface area contributed by atoms with Crippen LogP contribution < -0.4 is 0 Å². The van der Waals surface area contributed by atoms with E-state index in [1.54, 1.807) is 12.1 Å². The summed E-state index contributed by atoms with van der Waals surface area (Å²) in [6.07, 6.45) is 2.60. The van der Waals surface area contributed by atoms with E-state index in [4.69, 9.17) is 4.74 Å². The maximum absolute atomic E-state index is 12.0. The molecule has 2 rings (SSSR count). The van der Waals surface area contributed by atoms with Gasteiger partial charge in [0.05, 0.1) is 12.2 Å². The number of carbonyl (C=O) groups excluding carboxylic acids is 1. The van der Waals surface area contributed by atoms with Crippen molar-refractivity contribution in [2.45, 2.75) is 13.3 Å². The first-order valence-electron chi connectivity index (χ1n) is 6.08. The average molecular weight is 240 g/mol. The van der Waals surface area contributed by atoms with Crippen LogP contribution in [0.3, 0.4) is 0 Å². The van der Waals surface area contributed by atoms with Gasteiger partial charge < -0.3 is 4.74 Å². The lowest BCUT2D eigenvalue weighted by molar-refractivity contribution is 0.0507. The Bertz CT molecular complexity index is 585. The van der Waals surface area contributed by atoms with E-state index in [0.29, 0.717) is 12.2 Å². The minimum absolute atomic E-state index is 0.260. The molecule has 0 N–H and O–H groups in total. The zero-order valence-corrected chi connectivity index (χ0v) is 10.5. The molecule has 0 radical (unpaired) electrons. The van der Waals surface area contributed by atoms with Crippen LogP contribution in [0.2, 0.25) is 0 Å². The van der Waals surface area contributed by atoms with Gasteiger partial charge in [-0.25, -0.2) is 4.79 Å². The monoisotopic (exact) mass is 240 g/mol. The van der Waals surface area contributed by atoms with Crippen molar-refractivity contribution in [1.82, 2.24) is 0 Å². The molecule has 0 spiro atoms. The first-order valence-corrected chi connectivity index (χ1v) is 6.08. The van der Waals surface area contributed by atoms with Crippen LogP contribution in [0.4, 0.5) is 0 Å². The van der Waals surface area contributed by atoms with Gasteiger partial charge in [-0.1, -0.05) is 43.8 Å². The fraction of sp³-hybridized carbons (Fsp3) is 0.188. The van der Waals surface area contributed by atoms with Crippen molar-refractivity contribution in [3.63, 3.8) is 0 Å². The second-order valence-corrected chi connectivity index (χ2v) is 4.13. The van der Waals surface area contributed by atoms with Crippen LogP contribution in [0.5, 0.6) is 0 Å². The minimum Gasteiger partial charge on any atom is -0.462 e. The van der Waals surface area contributed by atoms with Crippen molar-refractivity contribution in [3.05, 3.63) is 54.1 Å². The van der Waals surface area contributed by atoms with Gasteiger partial charge >= 0.3 is 5.97 Å². The Morgan fingerprint density at radius 3 is 2.89 bits per heavy atom. The number of esters is 1. The lowest BCUT2D eigenvalue weighted by Gasteiger charge is -2.07. The highest BCUT2D eigenvalue weighted by Gasteiger charge is 2.10. The van der Waals surface area contributed by atoms with E-state index in [2.05, 4.69) is 6.58 Å².